The molecule has 17 nitrogen and oxygen atoms in total. The second-order valence-corrected chi connectivity index (χ2v) is 18.1. The molecule has 2 aliphatic carbocycles. The predicted octanol–water partition coefficient (Wildman–Crippen LogP) is 2.90. The van der Waals surface area contributed by atoms with E-state index in [1.807, 2.05) is 0 Å². The van der Waals surface area contributed by atoms with Gasteiger partial charge in [-0.2, -0.15) is 0 Å². The van der Waals surface area contributed by atoms with Crippen LogP contribution in [0.3, 0.4) is 0 Å². The van der Waals surface area contributed by atoms with Crippen LogP contribution in [0.25, 0.3) is 0 Å². The number of carbonyl (C=O) groups excluding carboxylic acids is 2. The van der Waals surface area contributed by atoms with E-state index in [0.717, 1.165) is 38.5 Å². The van der Waals surface area contributed by atoms with Gasteiger partial charge in [-0.1, -0.05) is 38.5 Å². The Balaban J connectivity index is 1.07. The molecule has 6 aliphatic rings. The molecule has 18 heteroatoms. The van der Waals surface area contributed by atoms with Gasteiger partial charge in [0, 0.05) is 30.8 Å². The van der Waals surface area contributed by atoms with Crippen molar-refractivity contribution in [2.45, 2.75) is 107 Å². The zero-order chi connectivity index (χ0) is 41.4. The Morgan fingerprint density at radius 2 is 1.53 bits per heavy atom. The molecular weight excluding hydrogens is 791 g/mol. The summed E-state index contributed by atoms with van der Waals surface area (Å²) < 4.78 is 66.8. The molecule has 59 heavy (non-hydrogen) atoms. The average molecular weight is 847 g/mol. The second kappa shape index (κ2) is 17.8. The first-order valence-electron chi connectivity index (χ1n) is 20.6. The van der Waals surface area contributed by atoms with Gasteiger partial charge in [0.25, 0.3) is 0 Å². The number of ether oxygens (including phenoxy) is 9. The zero-order valence-corrected chi connectivity index (χ0v) is 34.4. The van der Waals surface area contributed by atoms with Crippen molar-refractivity contribution in [3.8, 4) is 23.0 Å². The van der Waals surface area contributed by atoms with Crippen LogP contribution in [-0.2, 0) is 37.8 Å². The van der Waals surface area contributed by atoms with Gasteiger partial charge in [0.2, 0.25) is 12.7 Å². The first-order valence-corrected chi connectivity index (χ1v) is 22.3. The quantitative estimate of drug-likeness (QED) is 0.125. The predicted molar refractivity (Wildman–Crippen MR) is 208 cm³/mol. The summed E-state index contributed by atoms with van der Waals surface area (Å²) >= 11 is 0. The van der Waals surface area contributed by atoms with Crippen molar-refractivity contribution in [1.82, 2.24) is 10.4 Å². The number of esters is 1. The first kappa shape index (κ1) is 42.2. The molecule has 5 N–H and O–H groups in total. The number of rotatable bonds is 11. The van der Waals surface area contributed by atoms with Crippen molar-refractivity contribution in [2.75, 3.05) is 47.3 Å². The van der Waals surface area contributed by atoms with Gasteiger partial charge >= 0.3 is 13.5 Å². The fourth-order valence-corrected chi connectivity index (χ4v) is 11.0. The van der Waals surface area contributed by atoms with E-state index in [-0.39, 0.29) is 61.7 Å². The highest BCUT2D eigenvalue weighted by molar-refractivity contribution is 7.64. The molecule has 4 aliphatic heterocycles. The molecule has 0 spiro atoms. The summed E-state index contributed by atoms with van der Waals surface area (Å²) in [5.74, 6) is -1.81. The minimum absolute atomic E-state index is 0.0114. The van der Waals surface area contributed by atoms with E-state index in [1.165, 1.54) is 27.1 Å². The van der Waals surface area contributed by atoms with Gasteiger partial charge in [0.15, 0.2) is 24.1 Å². The maximum atomic E-state index is 14.1. The summed E-state index contributed by atoms with van der Waals surface area (Å²) in [4.78, 5) is 38.3. The normalized spacial score (nSPS) is 32.9. The lowest BCUT2D eigenvalue weighted by Crippen LogP contribution is -2.63. The molecule has 0 bridgehead atoms. The molecule has 8 rings (SSSR count). The van der Waals surface area contributed by atoms with Gasteiger partial charge in [0.1, 0.15) is 41.2 Å². The van der Waals surface area contributed by atoms with E-state index in [1.54, 1.807) is 31.2 Å². The van der Waals surface area contributed by atoms with Gasteiger partial charge in [-0.25, -0.2) is 5.09 Å². The van der Waals surface area contributed by atoms with Crippen molar-refractivity contribution in [3.63, 3.8) is 0 Å². The SMILES string of the molecule is COc1cc([C@@H]2c3cc4c(cc3[C@@H](OC3OC5COC(C)OC5C(O)C3O)[C@H]3COC(=O)[C@H]23)OCO4)cc(OC)c1P(=O)(O)NCCNC(=O)C1CCCCCCCC1. The number of cyclic esters (lactones) is 1. The minimum Gasteiger partial charge on any atom is -0.496 e. The van der Waals surface area contributed by atoms with E-state index in [2.05, 4.69) is 10.4 Å². The standard InChI is InChI=1S/C41H55N2O15P/c1-21-52-19-31-37(56-21)34(44)35(45)41(57-31)58-36-25-17-28-27(54-20-55-28)16-24(25)32(33-26(36)18-53-40(33)47)23-14-29(50-2)38(30(15-23)51-3)59(48,49)43-13-12-42-39(46)22-10-8-6-4-5-7-9-11-22/h14-17,21-22,26,31-37,41,44-45H,4-13,18-20H2,1-3H3,(H,42,46)(H2,43,48,49)/t21?,26-,31?,32+,33-,34?,35?,36+,37?,41?/m0/s1. The lowest BCUT2D eigenvalue weighted by Gasteiger charge is -2.47. The summed E-state index contributed by atoms with van der Waals surface area (Å²) in [6.45, 7) is 1.90. The van der Waals surface area contributed by atoms with E-state index in [4.69, 9.17) is 42.6 Å². The number of aliphatic hydroxyl groups is 2. The van der Waals surface area contributed by atoms with Gasteiger partial charge in [-0.3, -0.25) is 14.2 Å². The Morgan fingerprint density at radius 3 is 2.20 bits per heavy atom. The van der Waals surface area contributed by atoms with Crippen LogP contribution in [0.4, 0.5) is 0 Å². The van der Waals surface area contributed by atoms with Gasteiger partial charge in [-0.15, -0.1) is 0 Å². The number of hydrogen-bond acceptors (Lipinski definition) is 14. The number of aliphatic hydroxyl groups excluding tert-OH is 2. The van der Waals surface area contributed by atoms with Crippen LogP contribution in [-0.4, -0.2) is 111 Å². The molecule has 3 saturated heterocycles. The summed E-state index contributed by atoms with van der Waals surface area (Å²) in [5, 5.41) is 27.9. The zero-order valence-electron chi connectivity index (χ0n) is 33.5. The Hall–Kier alpha value is -3.51. The van der Waals surface area contributed by atoms with Crippen molar-refractivity contribution < 1.29 is 71.9 Å². The minimum atomic E-state index is -4.37. The monoisotopic (exact) mass is 846 g/mol. The first-order chi connectivity index (χ1) is 28.5. The molecule has 2 aromatic carbocycles. The van der Waals surface area contributed by atoms with Crippen LogP contribution >= 0.6 is 7.52 Å². The fourth-order valence-electron chi connectivity index (χ4n) is 9.55. The summed E-state index contributed by atoms with van der Waals surface area (Å²) in [5.41, 5.74) is 1.73. The van der Waals surface area contributed by atoms with Crippen LogP contribution < -0.4 is 34.7 Å². The molecule has 1 saturated carbocycles. The molecule has 1 amide bonds. The number of methoxy groups -OCH3 is 2. The summed E-state index contributed by atoms with van der Waals surface area (Å²) in [7, 11) is -1.62. The third kappa shape index (κ3) is 8.43. The van der Waals surface area contributed by atoms with Crippen molar-refractivity contribution in [3.05, 3.63) is 41.0 Å². The number of carbonyl (C=O) groups is 2. The van der Waals surface area contributed by atoms with Crippen molar-refractivity contribution in [2.24, 2.45) is 17.8 Å². The third-order valence-corrected chi connectivity index (χ3v) is 14.2. The number of amides is 1. The van der Waals surface area contributed by atoms with Crippen LogP contribution in [0.1, 0.15) is 87.0 Å². The molecule has 2 aromatic rings. The molecule has 324 valence electrons. The molecule has 11 atom stereocenters. The van der Waals surface area contributed by atoms with E-state index in [9.17, 15) is 29.3 Å². The smallest absolute Gasteiger partial charge is 0.310 e. The van der Waals surface area contributed by atoms with Crippen molar-refractivity contribution in [1.29, 1.82) is 0 Å². The topological polar surface area (TPSA) is 219 Å². The molecular formula is C41H55N2O15P. The highest BCUT2D eigenvalue weighted by Crippen LogP contribution is 2.57. The maximum Gasteiger partial charge on any atom is 0.310 e. The van der Waals surface area contributed by atoms with E-state index in [0.29, 0.717) is 28.2 Å². The van der Waals surface area contributed by atoms with Crippen molar-refractivity contribution >= 4 is 24.7 Å². The van der Waals surface area contributed by atoms with Crippen LogP contribution in [0.2, 0.25) is 0 Å². The summed E-state index contributed by atoms with van der Waals surface area (Å²) in [6, 6.07) is 6.76. The van der Waals surface area contributed by atoms with E-state index < -0.39 is 74.3 Å². The van der Waals surface area contributed by atoms with Gasteiger partial charge in [-0.05, 0) is 60.7 Å². The Labute approximate surface area is 342 Å². The molecule has 4 fully saturated rings. The lowest BCUT2D eigenvalue weighted by atomic mass is 9.66. The van der Waals surface area contributed by atoms with Crippen LogP contribution in [0.5, 0.6) is 23.0 Å². The number of fused-ring (bicyclic) bond motifs is 4. The number of nitrogens with one attached hydrogen (secondary N) is 2. The second-order valence-electron chi connectivity index (χ2n) is 16.2. The fraction of sp³-hybridized carbons (Fsp3) is 0.659. The molecule has 0 aromatic heterocycles. The van der Waals surface area contributed by atoms with Crippen LogP contribution in [0.15, 0.2) is 24.3 Å². The number of benzene rings is 2. The maximum absolute atomic E-state index is 14.1. The largest absolute Gasteiger partial charge is 0.496 e. The molecule has 7 unspecified atom stereocenters. The Morgan fingerprint density at radius 1 is 0.864 bits per heavy atom. The third-order valence-electron chi connectivity index (χ3n) is 12.5. The Bertz CT molecular complexity index is 1880. The van der Waals surface area contributed by atoms with E-state index >= 15 is 0 Å². The summed E-state index contributed by atoms with van der Waals surface area (Å²) in [6.07, 6.45) is 1.15. The highest BCUT2D eigenvalue weighted by atomic mass is 31.2. The molecule has 4 heterocycles. The van der Waals surface area contributed by atoms with Crippen LogP contribution in [0, 0.1) is 17.8 Å². The number of hydrogen-bond donors (Lipinski definition) is 5. The Kier molecular flexibility index (Phi) is 12.8. The van der Waals surface area contributed by atoms with Gasteiger partial charge < -0.3 is 63.1 Å². The molecule has 0 radical (unpaired) electrons. The average Bonchev–Trinajstić information content (AvgIpc) is 3.89. The lowest BCUT2D eigenvalue weighted by molar-refractivity contribution is -0.364. The highest BCUT2D eigenvalue weighted by Gasteiger charge is 2.56. The van der Waals surface area contributed by atoms with Gasteiger partial charge in [0.05, 0.1) is 39.5 Å².